The molecule has 0 saturated carbocycles. The van der Waals surface area contributed by atoms with Crippen LogP contribution in [0.3, 0.4) is 0 Å². The number of hydrogen-bond acceptors (Lipinski definition) is 6. The van der Waals surface area contributed by atoms with E-state index in [4.69, 9.17) is 0 Å². The van der Waals surface area contributed by atoms with E-state index in [9.17, 15) is 4.79 Å². The zero-order valence-electron chi connectivity index (χ0n) is 16.1. The molecule has 0 aromatic carbocycles. The van der Waals surface area contributed by atoms with Crippen molar-refractivity contribution in [2.45, 2.75) is 33.2 Å². The number of carbonyl (C=O) groups is 1. The maximum Gasteiger partial charge on any atom is 0.225 e. The molecule has 8 heteroatoms. The number of rotatable bonds is 5. The summed E-state index contributed by atoms with van der Waals surface area (Å²) >= 11 is 1.58. The van der Waals surface area contributed by atoms with Crippen LogP contribution in [0.2, 0.25) is 0 Å². The highest BCUT2D eigenvalue weighted by molar-refractivity contribution is 7.17. The van der Waals surface area contributed by atoms with Crippen LogP contribution in [0.1, 0.15) is 29.8 Å². The number of piperidine rings is 1. The van der Waals surface area contributed by atoms with Crippen molar-refractivity contribution in [1.82, 2.24) is 25.1 Å². The predicted molar refractivity (Wildman–Crippen MR) is 110 cm³/mol. The van der Waals surface area contributed by atoms with Gasteiger partial charge in [0.15, 0.2) is 0 Å². The highest BCUT2D eigenvalue weighted by Crippen LogP contribution is 2.29. The number of carbonyl (C=O) groups excluding carboxylic acids is 1. The number of amides is 1. The van der Waals surface area contributed by atoms with Crippen molar-refractivity contribution in [1.29, 1.82) is 0 Å². The van der Waals surface area contributed by atoms with Gasteiger partial charge in [-0.3, -0.25) is 14.3 Å². The molecule has 146 valence electrons. The monoisotopic (exact) mass is 396 g/mol. The van der Waals surface area contributed by atoms with Gasteiger partial charge in [-0.1, -0.05) is 17.4 Å². The van der Waals surface area contributed by atoms with Gasteiger partial charge >= 0.3 is 0 Å². The van der Waals surface area contributed by atoms with Gasteiger partial charge in [-0.05, 0) is 50.5 Å². The van der Waals surface area contributed by atoms with Crippen LogP contribution in [0.25, 0.3) is 5.13 Å². The zero-order valence-corrected chi connectivity index (χ0v) is 16.9. The summed E-state index contributed by atoms with van der Waals surface area (Å²) in [6, 6.07) is 8.01. The van der Waals surface area contributed by atoms with E-state index in [0.717, 1.165) is 46.6 Å². The highest BCUT2D eigenvalue weighted by Gasteiger charge is 2.27. The maximum absolute atomic E-state index is 12.6. The molecular formula is C20H24N6OS. The van der Waals surface area contributed by atoms with Crippen LogP contribution in [-0.2, 0) is 11.3 Å². The third kappa shape index (κ3) is 3.91. The molecule has 3 aromatic heterocycles. The Morgan fingerprint density at radius 2 is 2.00 bits per heavy atom. The number of anilines is 1. The lowest BCUT2D eigenvalue weighted by Gasteiger charge is -2.31. The van der Waals surface area contributed by atoms with Gasteiger partial charge < -0.3 is 10.2 Å². The van der Waals surface area contributed by atoms with Crippen LogP contribution in [0.4, 0.5) is 5.13 Å². The first-order valence-corrected chi connectivity index (χ1v) is 10.3. The third-order valence-corrected chi connectivity index (χ3v) is 6.09. The lowest BCUT2D eigenvalue weighted by atomic mass is 9.97. The van der Waals surface area contributed by atoms with E-state index >= 15 is 0 Å². The molecule has 1 aliphatic heterocycles. The molecule has 4 rings (SSSR count). The molecule has 1 fully saturated rings. The number of nitrogens with zero attached hydrogens (tertiary/aromatic N) is 5. The van der Waals surface area contributed by atoms with Gasteiger partial charge in [-0.15, -0.1) is 10.2 Å². The zero-order chi connectivity index (χ0) is 19.5. The van der Waals surface area contributed by atoms with E-state index in [1.54, 1.807) is 23.7 Å². The Morgan fingerprint density at radius 1 is 1.21 bits per heavy atom. The van der Waals surface area contributed by atoms with Gasteiger partial charge in [-0.2, -0.15) is 0 Å². The molecule has 0 unspecified atom stereocenters. The van der Waals surface area contributed by atoms with E-state index in [2.05, 4.69) is 55.9 Å². The van der Waals surface area contributed by atoms with Crippen LogP contribution in [0.15, 0.2) is 36.7 Å². The molecule has 3 aromatic rings. The summed E-state index contributed by atoms with van der Waals surface area (Å²) < 4.78 is 2.11. The summed E-state index contributed by atoms with van der Waals surface area (Å²) in [6.07, 6.45) is 5.39. The van der Waals surface area contributed by atoms with Crippen LogP contribution in [0.5, 0.6) is 0 Å². The molecule has 1 amide bonds. The number of aromatic nitrogens is 4. The molecule has 28 heavy (non-hydrogen) atoms. The average Bonchev–Trinajstić information content (AvgIpc) is 3.33. The van der Waals surface area contributed by atoms with Crippen molar-refractivity contribution in [3.8, 4) is 5.13 Å². The van der Waals surface area contributed by atoms with E-state index in [-0.39, 0.29) is 11.8 Å². The topological polar surface area (TPSA) is 75.9 Å². The quantitative estimate of drug-likeness (QED) is 0.718. The Bertz CT molecular complexity index is 931. The Kier molecular flexibility index (Phi) is 5.38. The molecule has 7 nitrogen and oxygen atoms in total. The molecule has 1 saturated heterocycles. The van der Waals surface area contributed by atoms with Gasteiger partial charge in [0, 0.05) is 43.4 Å². The largest absolute Gasteiger partial charge is 0.352 e. The standard InChI is InChI=1S/C20H24N6OS/c1-14-7-8-15(2)26(14)20-24-23-19(28-20)25-10-4-6-17(13-25)18(27)22-12-16-5-3-9-21-11-16/h3,5,7-9,11,17H,4,6,10,12-13H2,1-2H3,(H,22,27)/t17-/m1/s1. The molecular weight excluding hydrogens is 372 g/mol. The second-order valence-electron chi connectivity index (χ2n) is 7.18. The summed E-state index contributed by atoms with van der Waals surface area (Å²) in [5.41, 5.74) is 3.30. The minimum absolute atomic E-state index is 0.0344. The molecule has 1 aliphatic rings. The Balaban J connectivity index is 1.41. The Labute approximate surface area is 168 Å². The van der Waals surface area contributed by atoms with E-state index in [1.165, 1.54) is 0 Å². The molecule has 1 N–H and O–H groups in total. The number of nitrogens with one attached hydrogen (secondary N) is 1. The maximum atomic E-state index is 12.6. The van der Waals surface area contributed by atoms with Gasteiger partial charge in [0.25, 0.3) is 0 Å². The molecule has 1 atom stereocenters. The second-order valence-corrected chi connectivity index (χ2v) is 8.12. The van der Waals surface area contributed by atoms with Crippen molar-refractivity contribution < 1.29 is 4.79 Å². The summed E-state index contributed by atoms with van der Waals surface area (Å²) in [5.74, 6) is 0.0585. The van der Waals surface area contributed by atoms with Crippen LogP contribution >= 0.6 is 11.3 Å². The molecule has 0 spiro atoms. The third-order valence-electron chi connectivity index (χ3n) is 5.12. The Morgan fingerprint density at radius 3 is 2.75 bits per heavy atom. The fourth-order valence-corrected chi connectivity index (χ4v) is 4.60. The second kappa shape index (κ2) is 8.10. The summed E-state index contributed by atoms with van der Waals surface area (Å²) in [4.78, 5) is 18.9. The first kappa shape index (κ1) is 18.6. The first-order chi connectivity index (χ1) is 13.6. The molecule has 4 heterocycles. The van der Waals surface area contributed by atoms with Crippen molar-refractivity contribution >= 4 is 22.4 Å². The fraction of sp³-hybridized carbons (Fsp3) is 0.400. The molecule has 0 aliphatic carbocycles. The predicted octanol–water partition coefficient (Wildman–Crippen LogP) is 2.87. The van der Waals surface area contributed by atoms with E-state index in [1.807, 2.05) is 12.1 Å². The minimum Gasteiger partial charge on any atom is -0.352 e. The van der Waals surface area contributed by atoms with E-state index in [0.29, 0.717) is 13.1 Å². The summed E-state index contributed by atoms with van der Waals surface area (Å²) in [7, 11) is 0. The number of aryl methyl sites for hydroxylation is 2. The normalized spacial score (nSPS) is 16.9. The Hall–Kier alpha value is -2.74. The van der Waals surface area contributed by atoms with Gasteiger partial charge in [0.2, 0.25) is 16.2 Å². The summed E-state index contributed by atoms with van der Waals surface area (Å²) in [6.45, 7) is 6.23. The van der Waals surface area contributed by atoms with Crippen molar-refractivity contribution in [2.75, 3.05) is 18.0 Å². The average molecular weight is 397 g/mol. The lowest BCUT2D eigenvalue weighted by Crippen LogP contribution is -2.43. The molecule has 0 radical (unpaired) electrons. The van der Waals surface area contributed by atoms with Crippen molar-refractivity contribution in [3.05, 3.63) is 53.6 Å². The van der Waals surface area contributed by atoms with Crippen LogP contribution in [-0.4, -0.2) is 38.7 Å². The van der Waals surface area contributed by atoms with E-state index < -0.39 is 0 Å². The van der Waals surface area contributed by atoms with Gasteiger partial charge in [0.1, 0.15) is 0 Å². The SMILES string of the molecule is Cc1ccc(C)n1-c1nnc(N2CCC[C@@H](C(=O)NCc3cccnc3)C2)s1. The van der Waals surface area contributed by atoms with Crippen molar-refractivity contribution in [2.24, 2.45) is 5.92 Å². The van der Waals surface area contributed by atoms with Crippen molar-refractivity contribution in [3.63, 3.8) is 0 Å². The fourth-order valence-electron chi connectivity index (χ4n) is 3.60. The number of hydrogen-bond donors (Lipinski definition) is 1. The molecule has 0 bridgehead atoms. The highest BCUT2D eigenvalue weighted by atomic mass is 32.1. The smallest absolute Gasteiger partial charge is 0.225 e. The van der Waals surface area contributed by atoms with Gasteiger partial charge in [0.05, 0.1) is 5.92 Å². The first-order valence-electron chi connectivity index (χ1n) is 9.52. The van der Waals surface area contributed by atoms with Crippen LogP contribution < -0.4 is 10.2 Å². The van der Waals surface area contributed by atoms with Crippen LogP contribution in [0, 0.1) is 19.8 Å². The lowest BCUT2D eigenvalue weighted by molar-refractivity contribution is -0.125. The summed E-state index contributed by atoms with van der Waals surface area (Å²) in [5, 5.41) is 13.6. The minimum atomic E-state index is -0.0344. The van der Waals surface area contributed by atoms with Gasteiger partial charge in [-0.25, -0.2) is 0 Å². The number of pyridine rings is 1.